The van der Waals surface area contributed by atoms with Gasteiger partial charge < -0.3 is 5.32 Å². The molecule has 0 amide bonds. The molecular formula is C12H16N2O2. The second-order valence-corrected chi connectivity index (χ2v) is 3.51. The average molecular weight is 220 g/mol. The molecule has 0 unspecified atom stereocenters. The average Bonchev–Trinajstić information content (AvgIpc) is 2.25. The van der Waals surface area contributed by atoms with Gasteiger partial charge in [0.15, 0.2) is 0 Å². The Morgan fingerprint density at radius 3 is 2.88 bits per heavy atom. The van der Waals surface area contributed by atoms with Crippen LogP contribution in [0.1, 0.15) is 18.9 Å². The first-order valence-electron chi connectivity index (χ1n) is 5.26. The van der Waals surface area contributed by atoms with Gasteiger partial charge in [0.2, 0.25) is 0 Å². The van der Waals surface area contributed by atoms with E-state index in [-0.39, 0.29) is 10.6 Å². The van der Waals surface area contributed by atoms with Gasteiger partial charge in [0.05, 0.1) is 4.92 Å². The molecule has 0 saturated heterocycles. The van der Waals surface area contributed by atoms with E-state index in [4.69, 9.17) is 0 Å². The Morgan fingerprint density at radius 2 is 2.25 bits per heavy atom. The molecule has 0 aliphatic carbocycles. The van der Waals surface area contributed by atoms with E-state index in [1.54, 1.807) is 6.07 Å². The van der Waals surface area contributed by atoms with Gasteiger partial charge in [-0.3, -0.25) is 10.1 Å². The summed E-state index contributed by atoms with van der Waals surface area (Å²) in [6.07, 6.45) is 4.85. The number of allylic oxidation sites excluding steroid dienone is 1. The van der Waals surface area contributed by atoms with Gasteiger partial charge in [-0.15, -0.1) is 0 Å². The lowest BCUT2D eigenvalue weighted by Crippen LogP contribution is -2.05. The first-order valence-corrected chi connectivity index (χ1v) is 5.26. The number of nitrogens with zero attached hydrogens (tertiary/aromatic N) is 1. The number of para-hydroxylation sites is 1. The molecular weight excluding hydrogens is 204 g/mol. The van der Waals surface area contributed by atoms with E-state index in [0.717, 1.165) is 12.0 Å². The van der Waals surface area contributed by atoms with Crippen LogP contribution in [0.5, 0.6) is 0 Å². The Morgan fingerprint density at radius 1 is 1.50 bits per heavy atom. The minimum atomic E-state index is -0.356. The molecule has 1 aromatic rings. The predicted octanol–water partition coefficient (Wildman–Crippen LogP) is 3.28. The van der Waals surface area contributed by atoms with Gasteiger partial charge in [-0.25, -0.2) is 0 Å². The molecule has 0 atom stereocenters. The quantitative estimate of drug-likeness (QED) is 0.358. The highest BCUT2D eigenvalue weighted by molar-refractivity contribution is 5.65. The normalized spacial score (nSPS) is 10.6. The summed E-state index contributed by atoms with van der Waals surface area (Å²) in [4.78, 5) is 10.5. The van der Waals surface area contributed by atoms with Crippen molar-refractivity contribution in [3.8, 4) is 0 Å². The highest BCUT2D eigenvalue weighted by atomic mass is 16.6. The third kappa shape index (κ3) is 3.08. The fourth-order valence-electron chi connectivity index (χ4n) is 1.48. The molecule has 1 N–H and O–H groups in total. The number of rotatable bonds is 5. The summed E-state index contributed by atoms with van der Waals surface area (Å²) >= 11 is 0. The molecule has 1 aromatic carbocycles. The second kappa shape index (κ2) is 5.90. The van der Waals surface area contributed by atoms with Crippen molar-refractivity contribution in [1.82, 2.24) is 0 Å². The monoisotopic (exact) mass is 220 g/mol. The second-order valence-electron chi connectivity index (χ2n) is 3.51. The summed E-state index contributed by atoms with van der Waals surface area (Å²) in [6.45, 7) is 4.53. The zero-order valence-electron chi connectivity index (χ0n) is 9.56. The van der Waals surface area contributed by atoms with Crippen molar-refractivity contribution in [3.05, 3.63) is 46.0 Å². The lowest BCUT2D eigenvalue weighted by Gasteiger charge is -2.08. The molecule has 0 aliphatic rings. The number of hydrogen-bond acceptors (Lipinski definition) is 3. The summed E-state index contributed by atoms with van der Waals surface area (Å²) in [5.41, 5.74) is 1.66. The Hall–Kier alpha value is -1.84. The zero-order valence-corrected chi connectivity index (χ0v) is 9.56. The van der Waals surface area contributed by atoms with Gasteiger partial charge >= 0.3 is 0 Å². The summed E-state index contributed by atoms with van der Waals surface area (Å²) in [7, 11) is 0. The molecule has 1 rings (SSSR count). The molecule has 0 fully saturated rings. The Bertz CT molecular complexity index is 400. The molecule has 0 heterocycles. The minimum absolute atomic E-state index is 0.139. The molecule has 0 aliphatic heterocycles. The molecule has 4 heteroatoms. The van der Waals surface area contributed by atoms with Gasteiger partial charge in [-0.05, 0) is 25.8 Å². The first-order chi connectivity index (χ1) is 7.66. The Balaban J connectivity index is 2.80. The number of nitrogens with one attached hydrogen (secondary N) is 1. The van der Waals surface area contributed by atoms with Gasteiger partial charge in [0.1, 0.15) is 5.69 Å². The van der Waals surface area contributed by atoms with Crippen LogP contribution in [-0.4, -0.2) is 11.5 Å². The molecule has 4 nitrogen and oxygen atoms in total. The molecule has 0 aromatic heterocycles. The van der Waals surface area contributed by atoms with E-state index in [9.17, 15) is 10.1 Å². The van der Waals surface area contributed by atoms with Crippen LogP contribution in [0.4, 0.5) is 11.4 Å². The summed E-state index contributed by atoms with van der Waals surface area (Å²) in [6, 6.07) is 5.08. The zero-order chi connectivity index (χ0) is 12.0. The van der Waals surface area contributed by atoms with Crippen LogP contribution in [0.3, 0.4) is 0 Å². The molecule has 0 radical (unpaired) electrons. The minimum Gasteiger partial charge on any atom is -0.379 e. The predicted molar refractivity (Wildman–Crippen MR) is 65.8 cm³/mol. The van der Waals surface area contributed by atoms with Crippen LogP contribution in [-0.2, 0) is 0 Å². The lowest BCUT2D eigenvalue weighted by atomic mass is 10.1. The van der Waals surface area contributed by atoms with Crippen molar-refractivity contribution in [2.45, 2.75) is 20.3 Å². The Labute approximate surface area is 95.1 Å². The van der Waals surface area contributed by atoms with E-state index in [1.165, 1.54) is 6.07 Å². The topological polar surface area (TPSA) is 55.2 Å². The van der Waals surface area contributed by atoms with Crippen molar-refractivity contribution in [2.24, 2.45) is 0 Å². The van der Waals surface area contributed by atoms with Crippen molar-refractivity contribution in [2.75, 3.05) is 11.9 Å². The fraction of sp³-hybridized carbons (Fsp3) is 0.333. The molecule has 0 spiro atoms. The highest BCUT2D eigenvalue weighted by Crippen LogP contribution is 2.27. The largest absolute Gasteiger partial charge is 0.379 e. The van der Waals surface area contributed by atoms with E-state index < -0.39 is 0 Å². The molecule has 0 saturated carbocycles. The van der Waals surface area contributed by atoms with Crippen LogP contribution in [0.25, 0.3) is 0 Å². The number of nitro benzene ring substituents is 1. The van der Waals surface area contributed by atoms with Crippen molar-refractivity contribution in [3.63, 3.8) is 0 Å². The maximum Gasteiger partial charge on any atom is 0.292 e. The van der Waals surface area contributed by atoms with E-state index in [2.05, 4.69) is 5.32 Å². The number of nitro groups is 1. The fourth-order valence-corrected chi connectivity index (χ4v) is 1.48. The molecule has 16 heavy (non-hydrogen) atoms. The lowest BCUT2D eigenvalue weighted by molar-refractivity contribution is -0.384. The van der Waals surface area contributed by atoms with Crippen molar-refractivity contribution in [1.29, 1.82) is 0 Å². The van der Waals surface area contributed by atoms with Crippen molar-refractivity contribution >= 4 is 11.4 Å². The maximum absolute atomic E-state index is 10.8. The maximum atomic E-state index is 10.8. The first kappa shape index (κ1) is 12.2. The van der Waals surface area contributed by atoms with E-state index >= 15 is 0 Å². The number of anilines is 1. The van der Waals surface area contributed by atoms with E-state index in [1.807, 2.05) is 32.1 Å². The third-order valence-electron chi connectivity index (χ3n) is 2.30. The summed E-state index contributed by atoms with van der Waals surface area (Å²) in [5, 5.41) is 13.9. The summed E-state index contributed by atoms with van der Waals surface area (Å²) in [5.74, 6) is 0. The van der Waals surface area contributed by atoms with E-state index in [0.29, 0.717) is 12.2 Å². The van der Waals surface area contributed by atoms with Crippen molar-refractivity contribution < 1.29 is 4.92 Å². The van der Waals surface area contributed by atoms with Crippen LogP contribution < -0.4 is 5.32 Å². The van der Waals surface area contributed by atoms with Crippen LogP contribution in [0.2, 0.25) is 0 Å². The standard InChI is InChI=1S/C12H16N2O2/c1-3-4-5-9-13-12-10(2)7-6-8-11(12)14(15)16/h3-4,6-8,13H,5,9H2,1-2H3/b4-3+. The van der Waals surface area contributed by atoms with Gasteiger partial charge in [0.25, 0.3) is 5.69 Å². The Kier molecular flexibility index (Phi) is 4.51. The van der Waals surface area contributed by atoms with Crippen LogP contribution in [0.15, 0.2) is 30.4 Å². The SMILES string of the molecule is C/C=C/CCNc1c(C)cccc1[N+](=O)[O-]. The summed E-state index contributed by atoms with van der Waals surface area (Å²) < 4.78 is 0. The third-order valence-corrected chi connectivity index (χ3v) is 2.30. The number of aryl methyl sites for hydroxylation is 1. The van der Waals surface area contributed by atoms with Gasteiger partial charge in [0, 0.05) is 12.6 Å². The number of hydrogen-bond donors (Lipinski definition) is 1. The molecule has 0 bridgehead atoms. The molecule has 86 valence electrons. The van der Waals surface area contributed by atoms with Crippen LogP contribution >= 0.6 is 0 Å². The van der Waals surface area contributed by atoms with Gasteiger partial charge in [-0.1, -0.05) is 24.3 Å². The van der Waals surface area contributed by atoms with Gasteiger partial charge in [-0.2, -0.15) is 0 Å². The highest BCUT2D eigenvalue weighted by Gasteiger charge is 2.14. The smallest absolute Gasteiger partial charge is 0.292 e. The van der Waals surface area contributed by atoms with Crippen LogP contribution in [0, 0.1) is 17.0 Å². The number of benzene rings is 1.